The molecule has 0 spiro atoms. The summed E-state index contributed by atoms with van der Waals surface area (Å²) in [7, 11) is 2.15. The molecule has 19 heavy (non-hydrogen) atoms. The van der Waals surface area contributed by atoms with Crippen LogP contribution in [0, 0.1) is 0 Å². The Labute approximate surface area is 112 Å². The Morgan fingerprint density at radius 3 is 2.53 bits per heavy atom. The van der Waals surface area contributed by atoms with Gasteiger partial charge in [0.15, 0.2) is 5.82 Å². The van der Waals surface area contributed by atoms with Crippen molar-refractivity contribution in [3.8, 4) is 11.3 Å². The number of aromatic nitrogens is 3. The van der Waals surface area contributed by atoms with Crippen molar-refractivity contribution >= 4 is 5.82 Å². The number of pyridine rings is 1. The first kappa shape index (κ1) is 12.0. The van der Waals surface area contributed by atoms with E-state index in [9.17, 15) is 0 Å². The van der Waals surface area contributed by atoms with Crippen molar-refractivity contribution in [1.29, 1.82) is 0 Å². The predicted octanol–water partition coefficient (Wildman–Crippen LogP) is 1.29. The summed E-state index contributed by atoms with van der Waals surface area (Å²) >= 11 is 0. The van der Waals surface area contributed by atoms with Crippen molar-refractivity contribution in [3.63, 3.8) is 0 Å². The Hall–Kier alpha value is -2.01. The van der Waals surface area contributed by atoms with Gasteiger partial charge >= 0.3 is 0 Å². The van der Waals surface area contributed by atoms with Crippen molar-refractivity contribution in [2.24, 2.45) is 0 Å². The second-order valence-electron chi connectivity index (χ2n) is 4.76. The normalized spacial score (nSPS) is 16.6. The molecule has 1 saturated heterocycles. The zero-order chi connectivity index (χ0) is 13.1. The molecular formula is C14H17N5. The summed E-state index contributed by atoms with van der Waals surface area (Å²) in [6, 6.07) is 3.95. The summed E-state index contributed by atoms with van der Waals surface area (Å²) in [5, 5.41) is 0. The number of piperazine rings is 1. The van der Waals surface area contributed by atoms with E-state index >= 15 is 0 Å². The molecule has 0 atom stereocenters. The molecule has 1 aliphatic heterocycles. The number of likely N-dealkylation sites (N-methyl/N-ethyl adjacent to an activating group) is 1. The van der Waals surface area contributed by atoms with Crippen molar-refractivity contribution in [3.05, 3.63) is 36.9 Å². The quantitative estimate of drug-likeness (QED) is 0.809. The van der Waals surface area contributed by atoms with E-state index in [-0.39, 0.29) is 0 Å². The van der Waals surface area contributed by atoms with E-state index in [1.165, 1.54) is 0 Å². The maximum atomic E-state index is 4.52. The van der Waals surface area contributed by atoms with Gasteiger partial charge in [-0.2, -0.15) is 0 Å². The fourth-order valence-electron chi connectivity index (χ4n) is 2.29. The second-order valence-corrected chi connectivity index (χ2v) is 4.76. The van der Waals surface area contributed by atoms with Crippen LogP contribution in [0.5, 0.6) is 0 Å². The average Bonchev–Trinajstić information content (AvgIpc) is 2.49. The van der Waals surface area contributed by atoms with Crippen LogP contribution in [0.15, 0.2) is 36.9 Å². The Morgan fingerprint density at radius 2 is 1.79 bits per heavy atom. The lowest BCUT2D eigenvalue weighted by Gasteiger charge is -2.33. The van der Waals surface area contributed by atoms with Gasteiger partial charge in [-0.3, -0.25) is 9.97 Å². The molecule has 98 valence electrons. The SMILES string of the molecule is CN1CCN(c2nccnc2-c2cccnc2)CC1. The highest BCUT2D eigenvalue weighted by molar-refractivity contribution is 5.71. The van der Waals surface area contributed by atoms with E-state index in [0.717, 1.165) is 43.3 Å². The summed E-state index contributed by atoms with van der Waals surface area (Å²) in [4.78, 5) is 17.8. The first-order chi connectivity index (χ1) is 9.34. The van der Waals surface area contributed by atoms with Crippen LogP contribution in [0.1, 0.15) is 0 Å². The minimum absolute atomic E-state index is 0.917. The van der Waals surface area contributed by atoms with E-state index in [4.69, 9.17) is 0 Å². The molecule has 2 aromatic rings. The summed E-state index contributed by atoms with van der Waals surface area (Å²) in [5.41, 5.74) is 1.93. The van der Waals surface area contributed by atoms with Crippen LogP contribution in [0.25, 0.3) is 11.3 Å². The van der Waals surface area contributed by atoms with Crippen LogP contribution in [0.2, 0.25) is 0 Å². The second kappa shape index (κ2) is 5.32. The van der Waals surface area contributed by atoms with E-state index in [1.54, 1.807) is 18.6 Å². The fraction of sp³-hybridized carbons (Fsp3) is 0.357. The zero-order valence-electron chi connectivity index (χ0n) is 11.0. The summed E-state index contributed by atoms with van der Waals surface area (Å²) in [5.74, 6) is 0.962. The van der Waals surface area contributed by atoms with E-state index in [0.29, 0.717) is 0 Å². The lowest BCUT2D eigenvalue weighted by Crippen LogP contribution is -2.45. The third-order valence-electron chi connectivity index (χ3n) is 3.42. The molecule has 2 aromatic heterocycles. The molecule has 0 aliphatic carbocycles. The minimum Gasteiger partial charge on any atom is -0.352 e. The topological polar surface area (TPSA) is 45.2 Å². The van der Waals surface area contributed by atoms with E-state index in [1.807, 2.05) is 18.3 Å². The van der Waals surface area contributed by atoms with Gasteiger partial charge in [-0.15, -0.1) is 0 Å². The van der Waals surface area contributed by atoms with Gasteiger partial charge in [-0.05, 0) is 19.2 Å². The van der Waals surface area contributed by atoms with Crippen LogP contribution >= 0.6 is 0 Å². The molecule has 5 nitrogen and oxygen atoms in total. The highest BCUT2D eigenvalue weighted by Gasteiger charge is 2.19. The minimum atomic E-state index is 0.917. The fourth-order valence-corrected chi connectivity index (χ4v) is 2.29. The van der Waals surface area contributed by atoms with Crippen LogP contribution in [0.4, 0.5) is 5.82 Å². The van der Waals surface area contributed by atoms with Gasteiger partial charge < -0.3 is 9.80 Å². The molecule has 0 aromatic carbocycles. The zero-order valence-corrected chi connectivity index (χ0v) is 11.0. The molecule has 1 aliphatic rings. The standard InChI is InChI=1S/C14H17N5/c1-18-7-9-19(10-8-18)14-13(16-5-6-17-14)12-3-2-4-15-11-12/h2-6,11H,7-10H2,1H3. The Bertz CT molecular complexity index is 535. The molecule has 3 heterocycles. The molecular weight excluding hydrogens is 238 g/mol. The van der Waals surface area contributed by atoms with Gasteiger partial charge in [-0.1, -0.05) is 0 Å². The highest BCUT2D eigenvalue weighted by atomic mass is 15.3. The van der Waals surface area contributed by atoms with Crippen LogP contribution in [-0.4, -0.2) is 53.1 Å². The van der Waals surface area contributed by atoms with Gasteiger partial charge in [0, 0.05) is 56.5 Å². The predicted molar refractivity (Wildman–Crippen MR) is 75.0 cm³/mol. The molecule has 0 bridgehead atoms. The maximum Gasteiger partial charge on any atom is 0.155 e. The average molecular weight is 255 g/mol. The lowest BCUT2D eigenvalue weighted by atomic mass is 10.2. The Balaban J connectivity index is 1.94. The number of hydrogen-bond donors (Lipinski definition) is 0. The molecule has 5 heteroatoms. The molecule has 0 unspecified atom stereocenters. The Morgan fingerprint density at radius 1 is 1.00 bits per heavy atom. The first-order valence-corrected chi connectivity index (χ1v) is 6.49. The van der Waals surface area contributed by atoms with Crippen molar-refractivity contribution in [2.75, 3.05) is 38.1 Å². The lowest BCUT2D eigenvalue weighted by molar-refractivity contribution is 0.312. The molecule has 0 saturated carbocycles. The van der Waals surface area contributed by atoms with Crippen molar-refractivity contribution in [2.45, 2.75) is 0 Å². The monoisotopic (exact) mass is 255 g/mol. The highest BCUT2D eigenvalue weighted by Crippen LogP contribution is 2.26. The summed E-state index contributed by atoms with van der Waals surface area (Å²) < 4.78 is 0. The maximum absolute atomic E-state index is 4.52. The third-order valence-corrected chi connectivity index (χ3v) is 3.42. The van der Waals surface area contributed by atoms with Crippen molar-refractivity contribution < 1.29 is 0 Å². The van der Waals surface area contributed by atoms with Gasteiger partial charge in [0.1, 0.15) is 5.69 Å². The van der Waals surface area contributed by atoms with E-state index in [2.05, 4.69) is 31.8 Å². The number of anilines is 1. The molecule has 3 rings (SSSR count). The number of nitrogens with zero attached hydrogens (tertiary/aromatic N) is 5. The molecule has 0 amide bonds. The molecule has 0 radical (unpaired) electrons. The van der Waals surface area contributed by atoms with Crippen molar-refractivity contribution in [1.82, 2.24) is 19.9 Å². The number of hydrogen-bond acceptors (Lipinski definition) is 5. The van der Waals surface area contributed by atoms with E-state index < -0.39 is 0 Å². The van der Waals surface area contributed by atoms with Gasteiger partial charge in [0.05, 0.1) is 0 Å². The number of rotatable bonds is 2. The smallest absolute Gasteiger partial charge is 0.155 e. The van der Waals surface area contributed by atoms with Crippen LogP contribution < -0.4 is 4.90 Å². The van der Waals surface area contributed by atoms with Gasteiger partial charge in [0.2, 0.25) is 0 Å². The third kappa shape index (κ3) is 2.56. The summed E-state index contributed by atoms with van der Waals surface area (Å²) in [6.07, 6.45) is 7.11. The largest absolute Gasteiger partial charge is 0.352 e. The molecule has 0 N–H and O–H groups in total. The first-order valence-electron chi connectivity index (χ1n) is 6.49. The Kier molecular flexibility index (Phi) is 3.37. The van der Waals surface area contributed by atoms with Crippen LogP contribution in [-0.2, 0) is 0 Å². The van der Waals surface area contributed by atoms with Crippen LogP contribution in [0.3, 0.4) is 0 Å². The van der Waals surface area contributed by atoms with Gasteiger partial charge in [-0.25, -0.2) is 4.98 Å². The summed E-state index contributed by atoms with van der Waals surface area (Å²) in [6.45, 7) is 4.09. The van der Waals surface area contributed by atoms with Gasteiger partial charge in [0.25, 0.3) is 0 Å². The molecule has 1 fully saturated rings.